The van der Waals surface area contributed by atoms with Gasteiger partial charge in [-0.15, -0.1) is 10.2 Å². The number of pyridine rings is 1. The molecule has 0 unspecified atom stereocenters. The lowest BCUT2D eigenvalue weighted by atomic mass is 10.2. The van der Waals surface area contributed by atoms with Gasteiger partial charge in [0.2, 0.25) is 0 Å². The third kappa shape index (κ3) is 2.35. The smallest absolute Gasteiger partial charge is 0.336 e. The zero-order valence-corrected chi connectivity index (χ0v) is 11.6. The van der Waals surface area contributed by atoms with Gasteiger partial charge in [-0.05, 0) is 42.1 Å². The van der Waals surface area contributed by atoms with Crippen LogP contribution in [-0.2, 0) is 0 Å². The molecule has 0 bridgehead atoms. The topological polar surface area (TPSA) is 67.5 Å². The van der Waals surface area contributed by atoms with Crippen molar-refractivity contribution in [1.82, 2.24) is 14.6 Å². The maximum Gasteiger partial charge on any atom is 0.336 e. The fourth-order valence-electron chi connectivity index (χ4n) is 1.75. The number of hydrogen-bond acceptors (Lipinski definition) is 4. The number of hydrogen-bond donors (Lipinski definition) is 1. The van der Waals surface area contributed by atoms with E-state index in [1.165, 1.54) is 17.8 Å². The second-order valence-electron chi connectivity index (χ2n) is 3.96. The van der Waals surface area contributed by atoms with E-state index in [1.807, 2.05) is 24.4 Å². The minimum Gasteiger partial charge on any atom is -0.478 e. The summed E-state index contributed by atoms with van der Waals surface area (Å²) in [5.74, 6) is -1.02. The maximum absolute atomic E-state index is 11.3. The van der Waals surface area contributed by atoms with E-state index in [9.17, 15) is 9.90 Å². The van der Waals surface area contributed by atoms with E-state index < -0.39 is 5.97 Å². The standard InChI is InChI=1S/C13H8ClN3O2S/c14-8-4-5-10(9(7-8)12(18)19)20-13-16-15-11-3-1-2-6-17(11)13/h1-7H,(H,18,19). The SMILES string of the molecule is O=C(O)c1cc(Cl)ccc1Sc1nnc2ccccn12. The molecule has 0 radical (unpaired) electrons. The number of benzene rings is 1. The maximum atomic E-state index is 11.3. The summed E-state index contributed by atoms with van der Waals surface area (Å²) < 4.78 is 1.80. The highest BCUT2D eigenvalue weighted by atomic mass is 35.5. The summed E-state index contributed by atoms with van der Waals surface area (Å²) >= 11 is 7.07. The number of nitrogens with zero attached hydrogens (tertiary/aromatic N) is 3. The number of rotatable bonds is 3. The van der Waals surface area contributed by atoms with Gasteiger partial charge in [-0.2, -0.15) is 0 Å². The van der Waals surface area contributed by atoms with Crippen LogP contribution < -0.4 is 0 Å². The van der Waals surface area contributed by atoms with E-state index in [4.69, 9.17) is 11.6 Å². The first-order valence-electron chi connectivity index (χ1n) is 5.65. The molecule has 0 saturated heterocycles. The molecule has 0 spiro atoms. The Morgan fingerprint density at radius 2 is 2.10 bits per heavy atom. The zero-order chi connectivity index (χ0) is 14.1. The number of carboxylic acids is 1. The summed E-state index contributed by atoms with van der Waals surface area (Å²) in [5.41, 5.74) is 0.857. The van der Waals surface area contributed by atoms with Crippen molar-refractivity contribution in [2.75, 3.05) is 0 Å². The van der Waals surface area contributed by atoms with Crippen LogP contribution in [0.15, 0.2) is 52.6 Å². The number of halogens is 1. The molecule has 3 aromatic rings. The van der Waals surface area contributed by atoms with Crippen molar-refractivity contribution in [2.24, 2.45) is 0 Å². The third-order valence-electron chi connectivity index (χ3n) is 2.66. The highest BCUT2D eigenvalue weighted by Gasteiger charge is 2.14. The molecular formula is C13H8ClN3O2S. The van der Waals surface area contributed by atoms with Crippen LogP contribution in [0.5, 0.6) is 0 Å². The van der Waals surface area contributed by atoms with Crippen molar-refractivity contribution in [1.29, 1.82) is 0 Å². The van der Waals surface area contributed by atoms with E-state index in [0.29, 0.717) is 20.7 Å². The Bertz CT molecular complexity index is 803. The van der Waals surface area contributed by atoms with Crippen molar-refractivity contribution >= 4 is 35.0 Å². The summed E-state index contributed by atoms with van der Waals surface area (Å²) in [6.45, 7) is 0. The number of fused-ring (bicyclic) bond motifs is 1. The molecule has 0 amide bonds. The van der Waals surface area contributed by atoms with Gasteiger partial charge in [-0.1, -0.05) is 17.7 Å². The first kappa shape index (κ1) is 13.0. The molecule has 1 N–H and O–H groups in total. The van der Waals surface area contributed by atoms with Crippen LogP contribution in [0.25, 0.3) is 5.65 Å². The van der Waals surface area contributed by atoms with Crippen molar-refractivity contribution in [3.05, 3.63) is 53.2 Å². The molecule has 7 heteroatoms. The largest absolute Gasteiger partial charge is 0.478 e. The van der Waals surface area contributed by atoms with E-state index >= 15 is 0 Å². The van der Waals surface area contributed by atoms with Crippen LogP contribution in [0.3, 0.4) is 0 Å². The molecule has 5 nitrogen and oxygen atoms in total. The lowest BCUT2D eigenvalue weighted by molar-refractivity contribution is 0.0693. The van der Waals surface area contributed by atoms with Gasteiger partial charge < -0.3 is 5.11 Å². The van der Waals surface area contributed by atoms with Gasteiger partial charge in [0, 0.05) is 16.1 Å². The molecular weight excluding hydrogens is 298 g/mol. The Labute approximate surface area is 123 Å². The van der Waals surface area contributed by atoms with Gasteiger partial charge in [-0.3, -0.25) is 4.40 Å². The van der Waals surface area contributed by atoms with Gasteiger partial charge in [0.1, 0.15) is 0 Å². The Hall–Kier alpha value is -2.05. The molecule has 0 atom stereocenters. The average Bonchev–Trinajstić information content (AvgIpc) is 2.84. The minimum atomic E-state index is -1.02. The molecule has 3 rings (SSSR count). The minimum absolute atomic E-state index is 0.148. The lowest BCUT2D eigenvalue weighted by Gasteiger charge is -2.05. The normalized spacial score (nSPS) is 10.8. The predicted molar refractivity (Wildman–Crippen MR) is 75.5 cm³/mol. The quantitative estimate of drug-likeness (QED) is 0.804. The summed E-state index contributed by atoms with van der Waals surface area (Å²) in [4.78, 5) is 11.8. The molecule has 0 aliphatic rings. The van der Waals surface area contributed by atoms with Crippen molar-refractivity contribution in [3.8, 4) is 0 Å². The molecule has 0 aliphatic heterocycles. The van der Waals surface area contributed by atoms with Crippen LogP contribution in [0.1, 0.15) is 10.4 Å². The molecule has 0 aliphatic carbocycles. The molecule has 2 aromatic heterocycles. The Kier molecular flexibility index (Phi) is 3.33. The first-order valence-corrected chi connectivity index (χ1v) is 6.85. The number of aromatic carboxylic acids is 1. The molecule has 100 valence electrons. The highest BCUT2D eigenvalue weighted by molar-refractivity contribution is 7.99. The van der Waals surface area contributed by atoms with Crippen LogP contribution >= 0.6 is 23.4 Å². The van der Waals surface area contributed by atoms with E-state index in [-0.39, 0.29) is 5.56 Å². The van der Waals surface area contributed by atoms with Crippen LogP contribution in [0.4, 0.5) is 0 Å². The third-order valence-corrected chi connectivity index (χ3v) is 3.93. The molecule has 20 heavy (non-hydrogen) atoms. The van der Waals surface area contributed by atoms with Gasteiger partial charge in [0.15, 0.2) is 10.8 Å². The second kappa shape index (κ2) is 5.15. The zero-order valence-electron chi connectivity index (χ0n) is 10.0. The Morgan fingerprint density at radius 3 is 2.90 bits per heavy atom. The van der Waals surface area contributed by atoms with Gasteiger partial charge >= 0.3 is 5.97 Å². The van der Waals surface area contributed by atoms with Gasteiger partial charge in [0.25, 0.3) is 0 Å². The number of carboxylic acid groups (broad SMARTS) is 1. The fourth-order valence-corrected chi connectivity index (χ4v) is 2.84. The van der Waals surface area contributed by atoms with Crippen LogP contribution in [0.2, 0.25) is 5.02 Å². The van der Waals surface area contributed by atoms with Gasteiger partial charge in [-0.25, -0.2) is 4.79 Å². The molecule has 1 aromatic carbocycles. The summed E-state index contributed by atoms with van der Waals surface area (Å²) in [7, 11) is 0. The van der Waals surface area contributed by atoms with E-state index in [1.54, 1.807) is 16.5 Å². The average molecular weight is 306 g/mol. The lowest BCUT2D eigenvalue weighted by Crippen LogP contribution is -1.99. The molecule has 0 saturated carbocycles. The summed E-state index contributed by atoms with van der Waals surface area (Å²) in [5, 5.41) is 18.3. The van der Waals surface area contributed by atoms with Crippen molar-refractivity contribution in [3.63, 3.8) is 0 Å². The highest BCUT2D eigenvalue weighted by Crippen LogP contribution is 2.31. The number of aromatic nitrogens is 3. The van der Waals surface area contributed by atoms with Crippen LogP contribution in [-0.4, -0.2) is 25.7 Å². The van der Waals surface area contributed by atoms with E-state index in [0.717, 1.165) is 0 Å². The van der Waals surface area contributed by atoms with Gasteiger partial charge in [0.05, 0.1) is 5.56 Å². The Morgan fingerprint density at radius 1 is 1.25 bits per heavy atom. The predicted octanol–water partition coefficient (Wildman–Crippen LogP) is 3.23. The monoisotopic (exact) mass is 305 g/mol. The first-order chi connectivity index (χ1) is 9.65. The fraction of sp³-hybridized carbons (Fsp3) is 0. The van der Waals surface area contributed by atoms with E-state index in [2.05, 4.69) is 10.2 Å². The Balaban J connectivity index is 2.05. The summed E-state index contributed by atoms with van der Waals surface area (Å²) in [6.07, 6.45) is 1.83. The molecule has 2 heterocycles. The molecule has 0 fully saturated rings. The summed E-state index contributed by atoms with van der Waals surface area (Å²) in [6, 6.07) is 10.3. The van der Waals surface area contributed by atoms with Crippen molar-refractivity contribution in [2.45, 2.75) is 10.1 Å². The number of carbonyl (C=O) groups is 1. The second-order valence-corrected chi connectivity index (χ2v) is 5.40. The van der Waals surface area contributed by atoms with Crippen LogP contribution in [0, 0.1) is 0 Å². The van der Waals surface area contributed by atoms with Crippen molar-refractivity contribution < 1.29 is 9.90 Å².